The Labute approximate surface area is 138 Å². The summed E-state index contributed by atoms with van der Waals surface area (Å²) in [6, 6.07) is -0.207. The van der Waals surface area contributed by atoms with Crippen LogP contribution in [0.2, 0.25) is 0 Å². The fourth-order valence-electron chi connectivity index (χ4n) is 4.55. The van der Waals surface area contributed by atoms with Gasteiger partial charge >= 0.3 is 0 Å². The lowest BCUT2D eigenvalue weighted by Gasteiger charge is -2.37. The van der Waals surface area contributed by atoms with Crippen LogP contribution in [0.5, 0.6) is 0 Å². The van der Waals surface area contributed by atoms with Crippen LogP contribution in [0.25, 0.3) is 0 Å². The molecule has 0 aromatic rings. The number of hydrogen-bond donors (Lipinski definition) is 0. The van der Waals surface area contributed by atoms with E-state index in [-0.39, 0.29) is 23.5 Å². The first-order chi connectivity index (χ1) is 10.8. The summed E-state index contributed by atoms with van der Waals surface area (Å²) < 4.78 is 17.3. The molecule has 23 heavy (non-hydrogen) atoms. The maximum absolute atomic E-state index is 13.3. The third-order valence-electron chi connectivity index (χ3n) is 6.17. The second-order valence-electron chi connectivity index (χ2n) is 7.67. The van der Waals surface area contributed by atoms with Gasteiger partial charge in [0.1, 0.15) is 18.8 Å². The highest BCUT2D eigenvalue weighted by molar-refractivity contribution is 5.87. The lowest BCUT2D eigenvalue weighted by Crippen LogP contribution is -2.56. The van der Waals surface area contributed by atoms with Crippen molar-refractivity contribution in [3.63, 3.8) is 0 Å². The molecule has 0 spiro atoms. The number of fused-ring (bicyclic) bond motifs is 1. The van der Waals surface area contributed by atoms with Gasteiger partial charge in [0.2, 0.25) is 11.7 Å². The van der Waals surface area contributed by atoms with Crippen molar-refractivity contribution < 1.29 is 19.0 Å². The smallest absolute Gasteiger partial charge is 0.229 e. The van der Waals surface area contributed by atoms with Crippen LogP contribution in [0.3, 0.4) is 0 Å². The van der Waals surface area contributed by atoms with Gasteiger partial charge in [0.05, 0.1) is 0 Å². The zero-order valence-electron chi connectivity index (χ0n) is 15.1. The molecule has 2 heterocycles. The molecule has 5 heteroatoms. The first-order valence-corrected chi connectivity index (χ1v) is 8.52. The van der Waals surface area contributed by atoms with E-state index in [0.717, 1.165) is 12.0 Å². The summed E-state index contributed by atoms with van der Waals surface area (Å²) in [5.74, 6) is 0.332. The van der Waals surface area contributed by atoms with Crippen LogP contribution < -0.4 is 0 Å². The van der Waals surface area contributed by atoms with Gasteiger partial charge in [-0.05, 0) is 30.8 Å². The van der Waals surface area contributed by atoms with Gasteiger partial charge < -0.3 is 19.1 Å². The number of ether oxygens (including phenoxy) is 3. The highest BCUT2D eigenvalue weighted by Gasteiger charge is 2.65. The quantitative estimate of drug-likeness (QED) is 0.588. The van der Waals surface area contributed by atoms with Crippen LogP contribution in [0, 0.1) is 17.3 Å². The number of carbonyl (C=O) groups is 1. The molecule has 0 bridgehead atoms. The van der Waals surface area contributed by atoms with E-state index in [9.17, 15) is 4.79 Å². The van der Waals surface area contributed by atoms with Gasteiger partial charge in [-0.25, -0.2) is 0 Å². The number of rotatable bonds is 4. The molecule has 0 aromatic heterocycles. The first kappa shape index (κ1) is 16.9. The fourth-order valence-corrected chi connectivity index (χ4v) is 4.55. The van der Waals surface area contributed by atoms with E-state index >= 15 is 0 Å². The van der Waals surface area contributed by atoms with Crippen molar-refractivity contribution in [2.45, 2.75) is 52.0 Å². The Morgan fingerprint density at radius 1 is 1.39 bits per heavy atom. The maximum Gasteiger partial charge on any atom is 0.229 e. The van der Waals surface area contributed by atoms with Crippen LogP contribution in [-0.4, -0.2) is 56.1 Å². The molecule has 1 amide bonds. The van der Waals surface area contributed by atoms with E-state index in [2.05, 4.69) is 26.8 Å². The average Bonchev–Trinajstić information content (AvgIpc) is 2.95. The topological polar surface area (TPSA) is 48.0 Å². The van der Waals surface area contributed by atoms with Gasteiger partial charge in [-0.2, -0.15) is 0 Å². The summed E-state index contributed by atoms with van der Waals surface area (Å²) in [5.41, 5.74) is 0.891. The Morgan fingerprint density at radius 3 is 2.52 bits per heavy atom. The monoisotopic (exact) mass is 323 g/mol. The summed E-state index contributed by atoms with van der Waals surface area (Å²) in [4.78, 5) is 15.2. The SMILES string of the molecule is C/C=C1\CN(C(=O)C2(C)CC2C(C)C)[C@H]2[C@@H]1OCC2(OC)OC. The lowest BCUT2D eigenvalue weighted by atomic mass is 9.96. The minimum absolute atomic E-state index is 0.122. The lowest BCUT2D eigenvalue weighted by molar-refractivity contribution is -0.227. The molecule has 0 aromatic carbocycles. The summed E-state index contributed by atoms with van der Waals surface area (Å²) in [7, 11) is 3.25. The standard InChI is InChI=1S/C18H29NO4/c1-7-12-9-19(16(20)17(4)8-13(17)11(2)3)15-14(12)23-10-18(15,21-5)22-6/h7,11,13-15H,8-10H2,1-6H3/b12-7+/t13?,14-,15+,17?/m1/s1. The second kappa shape index (κ2) is 5.57. The Morgan fingerprint density at radius 2 is 2.04 bits per heavy atom. The van der Waals surface area contributed by atoms with Crippen LogP contribution in [0.1, 0.15) is 34.1 Å². The van der Waals surface area contributed by atoms with Crippen molar-refractivity contribution in [1.82, 2.24) is 4.90 Å². The third kappa shape index (κ3) is 2.28. The minimum atomic E-state index is -0.871. The number of hydrogen-bond acceptors (Lipinski definition) is 4. The Bertz CT molecular complexity index is 525. The molecule has 3 fully saturated rings. The summed E-state index contributed by atoms with van der Waals surface area (Å²) >= 11 is 0. The highest BCUT2D eigenvalue weighted by atomic mass is 16.7. The Kier molecular flexibility index (Phi) is 4.10. The van der Waals surface area contributed by atoms with Gasteiger partial charge in [-0.1, -0.05) is 26.8 Å². The van der Waals surface area contributed by atoms with Gasteiger partial charge in [0, 0.05) is 26.2 Å². The van der Waals surface area contributed by atoms with Crippen molar-refractivity contribution >= 4 is 5.91 Å². The largest absolute Gasteiger partial charge is 0.366 e. The number of amides is 1. The number of carbonyl (C=O) groups excluding carboxylic acids is 1. The van der Waals surface area contributed by atoms with Gasteiger partial charge in [-0.15, -0.1) is 0 Å². The van der Waals surface area contributed by atoms with Crippen molar-refractivity contribution in [3.05, 3.63) is 11.6 Å². The molecule has 0 N–H and O–H groups in total. The molecule has 3 rings (SSSR count). The van der Waals surface area contributed by atoms with Crippen LogP contribution in [-0.2, 0) is 19.0 Å². The predicted octanol–water partition coefficient (Wildman–Crippen LogP) is 2.21. The summed E-state index contributed by atoms with van der Waals surface area (Å²) in [6.45, 7) is 9.44. The zero-order valence-corrected chi connectivity index (χ0v) is 15.1. The third-order valence-corrected chi connectivity index (χ3v) is 6.17. The van der Waals surface area contributed by atoms with Crippen LogP contribution in [0.4, 0.5) is 0 Å². The average molecular weight is 323 g/mol. The molecule has 5 nitrogen and oxygen atoms in total. The summed E-state index contributed by atoms with van der Waals surface area (Å²) in [5, 5.41) is 0. The molecular formula is C18H29NO4. The van der Waals surface area contributed by atoms with Crippen LogP contribution >= 0.6 is 0 Å². The fraction of sp³-hybridized carbons (Fsp3) is 0.833. The van der Waals surface area contributed by atoms with Gasteiger partial charge in [0.15, 0.2) is 0 Å². The van der Waals surface area contributed by atoms with E-state index in [1.807, 2.05) is 11.8 Å². The molecule has 2 aliphatic heterocycles. The van der Waals surface area contributed by atoms with E-state index in [1.165, 1.54) is 0 Å². The minimum Gasteiger partial charge on any atom is -0.366 e. The first-order valence-electron chi connectivity index (χ1n) is 8.52. The highest BCUT2D eigenvalue weighted by Crippen LogP contribution is 2.58. The number of methoxy groups -OCH3 is 2. The zero-order chi connectivity index (χ0) is 17.0. The maximum atomic E-state index is 13.3. The van der Waals surface area contributed by atoms with Crippen molar-refractivity contribution in [1.29, 1.82) is 0 Å². The van der Waals surface area contributed by atoms with Gasteiger partial charge in [-0.3, -0.25) is 4.79 Å². The molecule has 1 aliphatic carbocycles. The molecule has 3 aliphatic rings. The molecular weight excluding hydrogens is 294 g/mol. The van der Waals surface area contributed by atoms with Crippen LogP contribution in [0.15, 0.2) is 11.6 Å². The molecule has 0 radical (unpaired) electrons. The molecule has 130 valence electrons. The molecule has 4 atom stereocenters. The number of nitrogens with zero attached hydrogens (tertiary/aromatic N) is 1. The second-order valence-corrected chi connectivity index (χ2v) is 7.67. The number of likely N-dealkylation sites (tertiary alicyclic amines) is 1. The van der Waals surface area contributed by atoms with Crippen molar-refractivity contribution in [3.8, 4) is 0 Å². The Hall–Kier alpha value is -0.910. The Balaban J connectivity index is 1.91. The van der Waals surface area contributed by atoms with Gasteiger partial charge in [0.25, 0.3) is 0 Å². The van der Waals surface area contributed by atoms with E-state index in [1.54, 1.807) is 14.2 Å². The normalized spacial score (nSPS) is 40.0. The predicted molar refractivity (Wildman–Crippen MR) is 86.8 cm³/mol. The van der Waals surface area contributed by atoms with Crippen molar-refractivity contribution in [2.24, 2.45) is 17.3 Å². The molecule has 1 saturated carbocycles. The van der Waals surface area contributed by atoms with E-state index in [0.29, 0.717) is 25.0 Å². The van der Waals surface area contributed by atoms with E-state index < -0.39 is 5.79 Å². The number of allylic oxidation sites excluding steroid dienone is 1. The molecule has 2 unspecified atom stereocenters. The van der Waals surface area contributed by atoms with Crippen molar-refractivity contribution in [2.75, 3.05) is 27.4 Å². The molecule has 2 saturated heterocycles. The van der Waals surface area contributed by atoms with E-state index in [4.69, 9.17) is 14.2 Å². The summed E-state index contributed by atoms with van der Waals surface area (Å²) in [6.07, 6.45) is 2.90.